The number of rotatable bonds is 9. The molecule has 0 aromatic heterocycles. The molecule has 4 heteroatoms. The van der Waals surface area contributed by atoms with E-state index in [1.54, 1.807) is 0 Å². The predicted molar refractivity (Wildman–Crippen MR) is 112 cm³/mol. The Bertz CT molecular complexity index is 302. The van der Waals surface area contributed by atoms with Crippen molar-refractivity contribution in [1.82, 2.24) is 4.90 Å². The Balaban J connectivity index is -0.000000322. The van der Waals surface area contributed by atoms with Crippen LogP contribution < -0.4 is 4.90 Å². The molecule has 0 bridgehead atoms. The van der Waals surface area contributed by atoms with E-state index in [-0.39, 0.29) is 24.8 Å². The van der Waals surface area contributed by atoms with Gasteiger partial charge in [0.1, 0.15) is 0 Å². The Kier molecular flexibility index (Phi) is 23.4. The molecule has 0 atom stereocenters. The van der Waals surface area contributed by atoms with E-state index < -0.39 is 0 Å². The van der Waals surface area contributed by atoms with Crippen molar-refractivity contribution in [2.45, 2.75) is 53.9 Å². The number of anilines is 1. The van der Waals surface area contributed by atoms with Crippen LogP contribution >= 0.6 is 24.8 Å². The van der Waals surface area contributed by atoms with Gasteiger partial charge in [-0.3, -0.25) is 0 Å². The largest absolute Gasteiger partial charge is 0.372 e. The molecule has 23 heavy (non-hydrogen) atoms. The van der Waals surface area contributed by atoms with Crippen LogP contribution in [0.4, 0.5) is 5.69 Å². The van der Waals surface area contributed by atoms with Crippen molar-refractivity contribution in [2.24, 2.45) is 0 Å². The number of para-hydroxylation sites is 1. The molecule has 138 valence electrons. The summed E-state index contributed by atoms with van der Waals surface area (Å²) in [5.74, 6) is 0. The normalized spacial score (nSPS) is 9.30. The highest BCUT2D eigenvalue weighted by Crippen LogP contribution is 2.11. The minimum atomic E-state index is 0. The SMILES string of the molecule is CCCN(CCC)CCC.CCN(CC)c1ccccc1.Cl.Cl. The van der Waals surface area contributed by atoms with Gasteiger partial charge in [0.2, 0.25) is 0 Å². The molecule has 1 aromatic rings. The lowest BCUT2D eigenvalue weighted by atomic mass is 10.3. The molecule has 1 aromatic carbocycles. The quantitative estimate of drug-likeness (QED) is 0.538. The first-order valence-electron chi connectivity index (χ1n) is 8.75. The average molecular weight is 365 g/mol. The number of benzene rings is 1. The molecule has 0 saturated heterocycles. The van der Waals surface area contributed by atoms with E-state index in [4.69, 9.17) is 0 Å². The standard InChI is InChI=1S/C10H15N.C9H21N.2ClH/c1-3-11(4-2)10-8-6-5-7-9-10;1-4-7-10(8-5-2)9-6-3;;/h5-9H,3-4H2,1-2H3;4-9H2,1-3H3;2*1H. The van der Waals surface area contributed by atoms with Crippen molar-refractivity contribution >= 4 is 30.5 Å². The molecule has 0 aliphatic rings. The zero-order valence-corrected chi connectivity index (χ0v) is 17.4. The molecular weight excluding hydrogens is 327 g/mol. The van der Waals surface area contributed by atoms with E-state index in [1.807, 2.05) is 6.07 Å². The Labute approximate surface area is 157 Å². The van der Waals surface area contributed by atoms with E-state index in [2.05, 4.69) is 68.7 Å². The zero-order chi connectivity index (χ0) is 15.9. The van der Waals surface area contributed by atoms with Crippen LogP contribution in [0.25, 0.3) is 0 Å². The summed E-state index contributed by atoms with van der Waals surface area (Å²) in [6.07, 6.45) is 3.88. The third kappa shape index (κ3) is 13.7. The van der Waals surface area contributed by atoms with Gasteiger partial charge in [-0.05, 0) is 64.9 Å². The van der Waals surface area contributed by atoms with Gasteiger partial charge in [-0.25, -0.2) is 0 Å². The molecule has 0 heterocycles. The molecule has 0 saturated carbocycles. The number of halogens is 2. The second kappa shape index (κ2) is 19.6. The fraction of sp³-hybridized carbons (Fsp3) is 0.684. The highest BCUT2D eigenvalue weighted by Gasteiger charge is 1.98. The number of hydrogen-bond acceptors (Lipinski definition) is 2. The highest BCUT2D eigenvalue weighted by molar-refractivity contribution is 5.85. The van der Waals surface area contributed by atoms with Crippen LogP contribution in [-0.4, -0.2) is 37.6 Å². The van der Waals surface area contributed by atoms with Gasteiger partial charge in [-0.15, -0.1) is 24.8 Å². The van der Waals surface area contributed by atoms with Crippen LogP contribution in [0.15, 0.2) is 30.3 Å². The van der Waals surface area contributed by atoms with Crippen LogP contribution in [0.2, 0.25) is 0 Å². The summed E-state index contributed by atoms with van der Waals surface area (Å²) in [5, 5.41) is 0. The van der Waals surface area contributed by atoms with Crippen molar-refractivity contribution in [3.8, 4) is 0 Å². The molecule has 0 radical (unpaired) electrons. The second-order valence-corrected chi connectivity index (χ2v) is 5.35. The maximum atomic E-state index is 2.54. The van der Waals surface area contributed by atoms with Gasteiger partial charge in [0.25, 0.3) is 0 Å². The third-order valence-electron chi connectivity index (χ3n) is 3.50. The smallest absolute Gasteiger partial charge is 0.0365 e. The maximum absolute atomic E-state index is 2.54. The predicted octanol–water partition coefficient (Wildman–Crippen LogP) is 5.89. The Morgan fingerprint density at radius 3 is 1.35 bits per heavy atom. The molecule has 2 nitrogen and oxygen atoms in total. The summed E-state index contributed by atoms with van der Waals surface area (Å²) >= 11 is 0. The lowest BCUT2D eigenvalue weighted by molar-refractivity contribution is 0.275. The molecule has 0 unspecified atom stereocenters. The van der Waals surface area contributed by atoms with Gasteiger partial charge >= 0.3 is 0 Å². The summed E-state index contributed by atoms with van der Waals surface area (Å²) in [5.41, 5.74) is 1.32. The van der Waals surface area contributed by atoms with E-state index in [0.717, 1.165) is 13.1 Å². The molecule has 0 fully saturated rings. The Morgan fingerprint density at radius 2 is 1.04 bits per heavy atom. The fourth-order valence-corrected chi connectivity index (χ4v) is 2.51. The lowest BCUT2D eigenvalue weighted by Crippen LogP contribution is -2.25. The number of hydrogen-bond donors (Lipinski definition) is 0. The molecule has 0 N–H and O–H groups in total. The van der Waals surface area contributed by atoms with Gasteiger partial charge in [-0.2, -0.15) is 0 Å². The summed E-state index contributed by atoms with van der Waals surface area (Å²) in [4.78, 5) is 4.88. The van der Waals surface area contributed by atoms with Crippen molar-refractivity contribution in [2.75, 3.05) is 37.6 Å². The van der Waals surface area contributed by atoms with E-state index in [0.29, 0.717) is 0 Å². The van der Waals surface area contributed by atoms with E-state index in [1.165, 1.54) is 44.6 Å². The molecule has 1 rings (SSSR count). The minimum absolute atomic E-state index is 0. The lowest BCUT2D eigenvalue weighted by Gasteiger charge is -2.20. The molecule has 0 spiro atoms. The average Bonchev–Trinajstić information content (AvgIpc) is 2.51. The molecule has 0 aliphatic carbocycles. The monoisotopic (exact) mass is 364 g/mol. The first-order valence-corrected chi connectivity index (χ1v) is 8.75. The van der Waals surface area contributed by atoms with Crippen LogP contribution in [0.1, 0.15) is 53.9 Å². The number of nitrogens with zero attached hydrogens (tertiary/aromatic N) is 2. The zero-order valence-electron chi connectivity index (χ0n) is 15.8. The van der Waals surface area contributed by atoms with Crippen LogP contribution in [-0.2, 0) is 0 Å². The summed E-state index contributed by atoms with van der Waals surface area (Å²) in [6, 6.07) is 10.5. The van der Waals surface area contributed by atoms with E-state index in [9.17, 15) is 0 Å². The third-order valence-corrected chi connectivity index (χ3v) is 3.50. The Morgan fingerprint density at radius 1 is 0.652 bits per heavy atom. The van der Waals surface area contributed by atoms with Gasteiger partial charge in [0, 0.05) is 18.8 Å². The summed E-state index contributed by atoms with van der Waals surface area (Å²) in [7, 11) is 0. The molecule has 0 aliphatic heterocycles. The van der Waals surface area contributed by atoms with Crippen molar-refractivity contribution in [3.05, 3.63) is 30.3 Å². The van der Waals surface area contributed by atoms with Crippen molar-refractivity contribution in [1.29, 1.82) is 0 Å². The first kappa shape index (κ1) is 27.4. The highest BCUT2D eigenvalue weighted by atomic mass is 35.5. The van der Waals surface area contributed by atoms with Crippen molar-refractivity contribution in [3.63, 3.8) is 0 Å². The van der Waals surface area contributed by atoms with Gasteiger partial charge in [0.05, 0.1) is 0 Å². The van der Waals surface area contributed by atoms with Crippen molar-refractivity contribution < 1.29 is 0 Å². The van der Waals surface area contributed by atoms with Crippen LogP contribution in [0.3, 0.4) is 0 Å². The molecule has 0 amide bonds. The van der Waals surface area contributed by atoms with Gasteiger partial charge in [0.15, 0.2) is 0 Å². The van der Waals surface area contributed by atoms with Crippen LogP contribution in [0, 0.1) is 0 Å². The summed E-state index contributed by atoms with van der Waals surface area (Å²) < 4.78 is 0. The van der Waals surface area contributed by atoms with Crippen LogP contribution in [0.5, 0.6) is 0 Å². The minimum Gasteiger partial charge on any atom is -0.372 e. The maximum Gasteiger partial charge on any atom is 0.0365 e. The van der Waals surface area contributed by atoms with Gasteiger partial charge < -0.3 is 9.80 Å². The second-order valence-electron chi connectivity index (χ2n) is 5.35. The first-order chi connectivity index (χ1) is 10.2. The van der Waals surface area contributed by atoms with Gasteiger partial charge in [-0.1, -0.05) is 39.0 Å². The topological polar surface area (TPSA) is 6.48 Å². The molecular formula is C19H38Cl2N2. The Hall–Kier alpha value is -0.440. The fourth-order valence-electron chi connectivity index (χ4n) is 2.51. The summed E-state index contributed by atoms with van der Waals surface area (Å²) in [6.45, 7) is 17.1. The van der Waals surface area contributed by atoms with E-state index >= 15 is 0 Å².